The Morgan fingerprint density at radius 2 is 1.46 bits per heavy atom. The van der Waals surface area contributed by atoms with Gasteiger partial charge in [-0.1, -0.05) is 37.4 Å². The Morgan fingerprint density at radius 3 is 2.10 bits per heavy atom. The molecule has 3 aromatic rings. The SMILES string of the molecule is C.C=CC(=O)OCCCCCCOc1ccc(C(=O)Oc2ccc(C#Cc3ccc(OC)cc3)cc2Cl)cc1. The van der Waals surface area contributed by atoms with Crippen LogP contribution in [0.5, 0.6) is 17.2 Å². The Morgan fingerprint density at radius 1 is 0.846 bits per heavy atom. The van der Waals surface area contributed by atoms with Crippen LogP contribution in [0.2, 0.25) is 5.02 Å². The fourth-order valence-corrected chi connectivity index (χ4v) is 3.52. The summed E-state index contributed by atoms with van der Waals surface area (Å²) in [5.41, 5.74) is 1.92. The highest BCUT2D eigenvalue weighted by molar-refractivity contribution is 6.32. The Bertz CT molecular complexity index is 1290. The molecule has 0 fully saturated rings. The fraction of sp³-hybridized carbons (Fsp3) is 0.250. The van der Waals surface area contributed by atoms with E-state index in [1.165, 1.54) is 0 Å². The molecular weight excluding hydrogens is 516 g/mol. The van der Waals surface area contributed by atoms with Crippen molar-refractivity contribution < 1.29 is 28.5 Å². The van der Waals surface area contributed by atoms with Crippen LogP contribution in [0.1, 0.15) is 54.6 Å². The van der Waals surface area contributed by atoms with Crippen LogP contribution in [0, 0.1) is 11.8 Å². The number of benzene rings is 3. The van der Waals surface area contributed by atoms with Gasteiger partial charge in [-0.3, -0.25) is 0 Å². The van der Waals surface area contributed by atoms with Crippen molar-refractivity contribution in [1.29, 1.82) is 0 Å². The van der Waals surface area contributed by atoms with Gasteiger partial charge in [-0.2, -0.15) is 0 Å². The normalized spacial score (nSPS) is 9.79. The van der Waals surface area contributed by atoms with E-state index >= 15 is 0 Å². The summed E-state index contributed by atoms with van der Waals surface area (Å²) >= 11 is 6.33. The molecule has 39 heavy (non-hydrogen) atoms. The van der Waals surface area contributed by atoms with Crippen LogP contribution in [0.15, 0.2) is 79.4 Å². The van der Waals surface area contributed by atoms with Crippen molar-refractivity contribution in [3.05, 3.63) is 101 Å². The molecule has 0 atom stereocenters. The fourth-order valence-electron chi connectivity index (χ4n) is 3.31. The number of rotatable bonds is 12. The second-order valence-electron chi connectivity index (χ2n) is 8.17. The van der Waals surface area contributed by atoms with Crippen LogP contribution in [0.25, 0.3) is 0 Å². The first-order valence-corrected chi connectivity index (χ1v) is 12.6. The summed E-state index contributed by atoms with van der Waals surface area (Å²) in [5.74, 6) is 6.88. The zero-order chi connectivity index (χ0) is 27.2. The van der Waals surface area contributed by atoms with Gasteiger partial charge in [-0.15, -0.1) is 0 Å². The van der Waals surface area contributed by atoms with Crippen LogP contribution in [0.4, 0.5) is 0 Å². The van der Waals surface area contributed by atoms with Crippen LogP contribution < -0.4 is 14.2 Å². The Kier molecular flexibility index (Phi) is 13.2. The Hall–Kier alpha value is -4.21. The van der Waals surface area contributed by atoms with E-state index in [1.807, 2.05) is 24.3 Å². The van der Waals surface area contributed by atoms with Crippen molar-refractivity contribution in [2.75, 3.05) is 20.3 Å². The summed E-state index contributed by atoms with van der Waals surface area (Å²) < 4.78 is 21.3. The van der Waals surface area contributed by atoms with Gasteiger partial charge in [0.1, 0.15) is 17.2 Å². The molecule has 0 unspecified atom stereocenters. The molecule has 0 aromatic heterocycles. The van der Waals surface area contributed by atoms with E-state index in [9.17, 15) is 9.59 Å². The lowest BCUT2D eigenvalue weighted by atomic mass is 10.1. The summed E-state index contributed by atoms with van der Waals surface area (Å²) in [7, 11) is 1.61. The number of methoxy groups -OCH3 is 1. The molecule has 0 aliphatic rings. The van der Waals surface area contributed by atoms with Crippen molar-refractivity contribution in [2.45, 2.75) is 33.1 Å². The number of hydrogen-bond donors (Lipinski definition) is 0. The third-order valence-electron chi connectivity index (χ3n) is 5.38. The maximum atomic E-state index is 12.6. The third-order valence-corrected chi connectivity index (χ3v) is 5.68. The topological polar surface area (TPSA) is 71.1 Å². The molecule has 0 spiro atoms. The van der Waals surface area contributed by atoms with E-state index in [-0.39, 0.29) is 13.2 Å². The van der Waals surface area contributed by atoms with Crippen LogP contribution >= 0.6 is 11.6 Å². The van der Waals surface area contributed by atoms with Gasteiger partial charge in [-0.05, 0) is 92.4 Å². The second-order valence-corrected chi connectivity index (χ2v) is 8.58. The smallest absolute Gasteiger partial charge is 0.343 e. The number of unbranched alkanes of at least 4 members (excludes halogenated alkanes) is 3. The van der Waals surface area contributed by atoms with Gasteiger partial charge in [0.25, 0.3) is 0 Å². The molecule has 7 heteroatoms. The van der Waals surface area contributed by atoms with Crippen LogP contribution in [-0.2, 0) is 9.53 Å². The summed E-state index contributed by atoms with van der Waals surface area (Å²) in [5, 5.41) is 0.290. The molecule has 0 bridgehead atoms. The highest BCUT2D eigenvalue weighted by atomic mass is 35.5. The third kappa shape index (κ3) is 10.6. The predicted molar refractivity (Wildman–Crippen MR) is 154 cm³/mol. The van der Waals surface area contributed by atoms with Crippen molar-refractivity contribution >= 4 is 23.5 Å². The zero-order valence-electron chi connectivity index (χ0n) is 21.2. The quantitative estimate of drug-likeness (QED) is 0.0779. The average molecular weight is 549 g/mol. The lowest BCUT2D eigenvalue weighted by Gasteiger charge is -2.09. The molecule has 3 rings (SSSR count). The van der Waals surface area contributed by atoms with E-state index in [0.717, 1.165) is 43.1 Å². The van der Waals surface area contributed by atoms with E-state index in [4.69, 9.17) is 30.5 Å². The molecule has 0 aliphatic carbocycles. The summed E-state index contributed by atoms with van der Waals surface area (Å²) in [6, 6.07) is 19.2. The van der Waals surface area contributed by atoms with Crippen molar-refractivity contribution in [3.63, 3.8) is 0 Å². The van der Waals surface area contributed by atoms with E-state index < -0.39 is 11.9 Å². The van der Waals surface area contributed by atoms with Gasteiger partial charge < -0.3 is 18.9 Å². The second kappa shape index (κ2) is 16.6. The largest absolute Gasteiger partial charge is 0.497 e. The number of esters is 2. The first-order chi connectivity index (χ1) is 18.5. The Labute approximate surface area is 235 Å². The Balaban J connectivity index is 0.00000533. The minimum atomic E-state index is -0.521. The number of hydrogen-bond acceptors (Lipinski definition) is 6. The molecule has 0 N–H and O–H groups in total. The van der Waals surface area contributed by atoms with Gasteiger partial charge >= 0.3 is 11.9 Å². The van der Waals surface area contributed by atoms with E-state index in [2.05, 4.69) is 18.4 Å². The van der Waals surface area contributed by atoms with E-state index in [1.54, 1.807) is 49.6 Å². The van der Waals surface area contributed by atoms with Gasteiger partial charge in [0.05, 0.1) is 30.9 Å². The minimum Gasteiger partial charge on any atom is -0.497 e. The van der Waals surface area contributed by atoms with Gasteiger partial charge in [-0.25, -0.2) is 9.59 Å². The molecule has 0 saturated carbocycles. The molecule has 0 radical (unpaired) electrons. The summed E-state index contributed by atoms with van der Waals surface area (Å²) in [6.45, 7) is 4.31. The first-order valence-electron chi connectivity index (χ1n) is 12.2. The van der Waals surface area contributed by atoms with E-state index in [0.29, 0.717) is 35.1 Å². The monoisotopic (exact) mass is 548 g/mol. The lowest BCUT2D eigenvalue weighted by Crippen LogP contribution is -2.09. The summed E-state index contributed by atoms with van der Waals surface area (Å²) in [4.78, 5) is 23.5. The van der Waals surface area contributed by atoms with Gasteiger partial charge in [0.2, 0.25) is 0 Å². The van der Waals surface area contributed by atoms with Crippen LogP contribution in [-0.4, -0.2) is 32.3 Å². The highest BCUT2D eigenvalue weighted by Gasteiger charge is 2.12. The lowest BCUT2D eigenvalue weighted by molar-refractivity contribution is -0.137. The number of ether oxygens (including phenoxy) is 4. The molecule has 204 valence electrons. The molecule has 0 aliphatic heterocycles. The molecule has 0 amide bonds. The number of carbonyl (C=O) groups excluding carboxylic acids is 2. The standard InChI is InChI=1S/C31H29ClO6.CH4/c1-3-30(33)37-21-7-5-4-6-20-36-27-17-13-25(14-18-27)31(34)38-29-19-12-24(22-28(29)32)9-8-23-10-15-26(35-2)16-11-23;/h3,10-19,22H,1,4-7,20-21H2,2H3;1H4. The molecule has 6 nitrogen and oxygen atoms in total. The van der Waals surface area contributed by atoms with Gasteiger partial charge in [0, 0.05) is 17.2 Å². The van der Waals surface area contributed by atoms with Crippen molar-refractivity contribution in [2.24, 2.45) is 0 Å². The van der Waals surface area contributed by atoms with Crippen LogP contribution in [0.3, 0.4) is 0 Å². The minimum absolute atomic E-state index is 0. The maximum Gasteiger partial charge on any atom is 0.343 e. The van der Waals surface area contributed by atoms with Crippen molar-refractivity contribution in [1.82, 2.24) is 0 Å². The average Bonchev–Trinajstić information content (AvgIpc) is 2.95. The summed E-state index contributed by atoms with van der Waals surface area (Å²) in [6.07, 6.45) is 4.74. The highest BCUT2D eigenvalue weighted by Crippen LogP contribution is 2.26. The predicted octanol–water partition coefficient (Wildman–Crippen LogP) is 7.27. The molecule has 0 heterocycles. The van der Waals surface area contributed by atoms with Crippen molar-refractivity contribution in [3.8, 4) is 29.1 Å². The zero-order valence-corrected chi connectivity index (χ0v) is 22.0. The molecular formula is C32H33ClO6. The number of carbonyl (C=O) groups is 2. The first kappa shape index (κ1) is 31.0. The molecule has 0 saturated heterocycles. The molecule has 3 aromatic carbocycles. The maximum absolute atomic E-state index is 12.6. The van der Waals surface area contributed by atoms with Gasteiger partial charge in [0.15, 0.2) is 0 Å². The number of halogens is 1.